The van der Waals surface area contributed by atoms with Crippen LogP contribution in [0.3, 0.4) is 0 Å². The first-order valence-electron chi connectivity index (χ1n) is 7.25. The van der Waals surface area contributed by atoms with Crippen LogP contribution in [0.25, 0.3) is 0 Å². The van der Waals surface area contributed by atoms with Crippen LogP contribution in [0.4, 0.5) is 10.5 Å². The first kappa shape index (κ1) is 15.4. The van der Waals surface area contributed by atoms with Gasteiger partial charge in [0.1, 0.15) is 5.60 Å². The molecule has 1 atom stereocenters. The van der Waals surface area contributed by atoms with Gasteiger partial charge in [0.25, 0.3) is 5.56 Å². The second-order valence-corrected chi connectivity index (χ2v) is 6.40. The summed E-state index contributed by atoms with van der Waals surface area (Å²) in [6, 6.07) is 1.54. The maximum Gasteiger partial charge on any atom is 0.410 e. The maximum atomic E-state index is 12.3. The number of likely N-dealkylation sites (tertiary alicyclic amines) is 1. The van der Waals surface area contributed by atoms with Gasteiger partial charge in [-0.15, -0.1) is 0 Å². The van der Waals surface area contributed by atoms with Crippen molar-refractivity contribution in [3.8, 4) is 0 Å². The summed E-state index contributed by atoms with van der Waals surface area (Å²) in [6.07, 6.45) is 4.13. The number of rotatable bonds is 1. The number of nitrogens with one attached hydrogen (secondary N) is 1. The highest BCUT2D eigenvalue weighted by molar-refractivity contribution is 5.69. The Morgan fingerprint density at radius 1 is 1.43 bits per heavy atom. The summed E-state index contributed by atoms with van der Waals surface area (Å²) >= 11 is 0. The number of nitrogens with two attached hydrogens (primary N) is 1. The quantitative estimate of drug-likeness (QED) is 0.832. The lowest BCUT2D eigenvalue weighted by Crippen LogP contribution is -2.42. The molecule has 0 spiro atoms. The van der Waals surface area contributed by atoms with Gasteiger partial charge in [-0.2, -0.15) is 0 Å². The molecule has 1 saturated heterocycles. The van der Waals surface area contributed by atoms with Gasteiger partial charge in [0.05, 0.1) is 11.7 Å². The number of carbonyl (C=O) groups is 1. The molecule has 21 heavy (non-hydrogen) atoms. The average Bonchev–Trinajstić information content (AvgIpc) is 2.40. The highest BCUT2D eigenvalue weighted by Gasteiger charge is 2.31. The molecule has 1 aliphatic heterocycles. The van der Waals surface area contributed by atoms with Crippen LogP contribution in [-0.2, 0) is 4.74 Å². The SMILES string of the molecule is CC(C)(C)OC(=O)N1CCCCC1c1c[nH]c(=O)c(N)c1. The van der Waals surface area contributed by atoms with E-state index in [1.165, 1.54) is 0 Å². The predicted octanol–water partition coefficient (Wildman–Crippen LogP) is 2.42. The molecular weight excluding hydrogens is 270 g/mol. The van der Waals surface area contributed by atoms with Crippen LogP contribution < -0.4 is 11.3 Å². The molecular formula is C15H23N3O3. The molecule has 1 aromatic heterocycles. The van der Waals surface area contributed by atoms with Crippen molar-refractivity contribution in [3.63, 3.8) is 0 Å². The summed E-state index contributed by atoms with van der Waals surface area (Å²) in [5.74, 6) is 0. The van der Waals surface area contributed by atoms with Gasteiger partial charge in [-0.25, -0.2) is 4.79 Å². The van der Waals surface area contributed by atoms with Gasteiger partial charge in [-0.3, -0.25) is 4.79 Å². The van der Waals surface area contributed by atoms with Crippen molar-refractivity contribution in [3.05, 3.63) is 28.2 Å². The number of hydrogen-bond acceptors (Lipinski definition) is 4. The minimum atomic E-state index is -0.525. The number of hydrogen-bond donors (Lipinski definition) is 2. The van der Waals surface area contributed by atoms with Gasteiger partial charge >= 0.3 is 6.09 Å². The zero-order valence-corrected chi connectivity index (χ0v) is 12.8. The number of aromatic nitrogens is 1. The number of nitrogens with zero attached hydrogens (tertiary/aromatic N) is 1. The fraction of sp³-hybridized carbons (Fsp3) is 0.600. The summed E-state index contributed by atoms with van der Waals surface area (Å²) in [6.45, 7) is 6.20. The van der Waals surface area contributed by atoms with Crippen LogP contribution in [0.5, 0.6) is 0 Å². The number of nitrogen functional groups attached to an aromatic ring is 1. The number of pyridine rings is 1. The molecule has 1 unspecified atom stereocenters. The molecule has 1 fully saturated rings. The third-order valence-corrected chi connectivity index (χ3v) is 3.47. The average molecular weight is 293 g/mol. The van der Waals surface area contributed by atoms with Crippen molar-refractivity contribution in [2.24, 2.45) is 0 Å². The maximum absolute atomic E-state index is 12.3. The Bertz CT molecular complexity index is 574. The highest BCUT2D eigenvalue weighted by Crippen LogP contribution is 2.32. The van der Waals surface area contributed by atoms with Crippen LogP contribution in [-0.4, -0.2) is 28.1 Å². The Balaban J connectivity index is 2.24. The monoisotopic (exact) mass is 293 g/mol. The van der Waals surface area contributed by atoms with Gasteiger partial charge in [0, 0.05) is 12.7 Å². The molecule has 6 heteroatoms. The Morgan fingerprint density at radius 3 is 2.76 bits per heavy atom. The van der Waals surface area contributed by atoms with E-state index in [4.69, 9.17) is 10.5 Å². The lowest BCUT2D eigenvalue weighted by molar-refractivity contribution is 0.00948. The summed E-state index contributed by atoms with van der Waals surface area (Å²) in [4.78, 5) is 28.1. The molecule has 0 bridgehead atoms. The molecule has 1 aliphatic rings. The molecule has 1 amide bonds. The fourth-order valence-electron chi connectivity index (χ4n) is 2.53. The van der Waals surface area contributed by atoms with Crippen molar-refractivity contribution in [2.75, 3.05) is 12.3 Å². The lowest BCUT2D eigenvalue weighted by atomic mass is 9.96. The fourth-order valence-corrected chi connectivity index (χ4v) is 2.53. The van der Waals surface area contributed by atoms with Gasteiger partial charge in [0.15, 0.2) is 0 Å². The van der Waals surface area contributed by atoms with Gasteiger partial charge in [-0.1, -0.05) is 0 Å². The van der Waals surface area contributed by atoms with E-state index in [0.717, 1.165) is 24.8 Å². The van der Waals surface area contributed by atoms with Gasteiger partial charge < -0.3 is 20.4 Å². The topological polar surface area (TPSA) is 88.4 Å². The molecule has 0 aliphatic carbocycles. The van der Waals surface area contributed by atoms with E-state index in [-0.39, 0.29) is 23.4 Å². The number of carbonyl (C=O) groups excluding carboxylic acids is 1. The van der Waals surface area contributed by atoms with Crippen molar-refractivity contribution in [1.82, 2.24) is 9.88 Å². The van der Waals surface area contributed by atoms with E-state index < -0.39 is 5.60 Å². The van der Waals surface area contributed by atoms with Gasteiger partial charge in [-0.05, 0) is 51.7 Å². The number of amides is 1. The minimum Gasteiger partial charge on any atom is -0.444 e. The van der Waals surface area contributed by atoms with Gasteiger partial charge in [0.2, 0.25) is 0 Å². The standard InChI is InChI=1S/C15H23N3O3/c1-15(2,3)21-14(20)18-7-5-4-6-12(18)10-8-11(16)13(19)17-9-10/h8-9,12H,4-7,16H2,1-3H3,(H,17,19). The molecule has 1 aromatic rings. The summed E-state index contributed by atoms with van der Waals surface area (Å²) in [7, 11) is 0. The molecule has 3 N–H and O–H groups in total. The van der Waals surface area contributed by atoms with Crippen LogP contribution in [0, 0.1) is 0 Å². The van der Waals surface area contributed by atoms with Crippen molar-refractivity contribution in [1.29, 1.82) is 0 Å². The lowest BCUT2D eigenvalue weighted by Gasteiger charge is -2.37. The van der Waals surface area contributed by atoms with E-state index in [9.17, 15) is 9.59 Å². The van der Waals surface area contributed by atoms with Crippen molar-refractivity contribution >= 4 is 11.8 Å². The molecule has 0 saturated carbocycles. The molecule has 0 radical (unpaired) electrons. The minimum absolute atomic E-state index is 0.104. The predicted molar refractivity (Wildman–Crippen MR) is 81.0 cm³/mol. The van der Waals surface area contributed by atoms with E-state index in [1.807, 2.05) is 20.8 Å². The number of aromatic amines is 1. The van der Waals surface area contributed by atoms with Crippen LogP contribution in [0.1, 0.15) is 51.6 Å². The molecule has 0 aromatic carbocycles. The molecule has 2 rings (SSSR count). The Labute approximate surface area is 124 Å². The molecule has 2 heterocycles. The number of piperidine rings is 1. The van der Waals surface area contributed by atoms with E-state index >= 15 is 0 Å². The molecule has 6 nitrogen and oxygen atoms in total. The largest absolute Gasteiger partial charge is 0.444 e. The second-order valence-electron chi connectivity index (χ2n) is 6.40. The summed E-state index contributed by atoms with van der Waals surface area (Å²) in [5, 5.41) is 0. The van der Waals surface area contributed by atoms with Crippen molar-refractivity contribution < 1.29 is 9.53 Å². The third kappa shape index (κ3) is 3.77. The number of anilines is 1. The van der Waals surface area contributed by atoms with Crippen LogP contribution in [0.15, 0.2) is 17.1 Å². The summed E-state index contributed by atoms with van der Waals surface area (Å²) < 4.78 is 5.47. The Morgan fingerprint density at radius 2 is 2.14 bits per heavy atom. The second kappa shape index (κ2) is 5.79. The van der Waals surface area contributed by atoms with E-state index in [0.29, 0.717) is 6.54 Å². The highest BCUT2D eigenvalue weighted by atomic mass is 16.6. The van der Waals surface area contributed by atoms with E-state index in [2.05, 4.69) is 4.98 Å². The van der Waals surface area contributed by atoms with Crippen LogP contribution >= 0.6 is 0 Å². The Kier molecular flexibility index (Phi) is 4.25. The number of H-pyrrole nitrogens is 1. The van der Waals surface area contributed by atoms with Crippen LogP contribution in [0.2, 0.25) is 0 Å². The third-order valence-electron chi connectivity index (χ3n) is 3.47. The zero-order valence-electron chi connectivity index (χ0n) is 12.8. The Hall–Kier alpha value is -1.98. The first-order chi connectivity index (χ1) is 9.78. The van der Waals surface area contributed by atoms with E-state index in [1.54, 1.807) is 17.2 Å². The first-order valence-corrected chi connectivity index (χ1v) is 7.25. The molecule has 116 valence electrons. The smallest absolute Gasteiger partial charge is 0.410 e. The number of ether oxygens (including phenoxy) is 1. The summed E-state index contributed by atoms with van der Waals surface area (Å²) in [5.41, 5.74) is 5.85. The normalized spacial score (nSPS) is 19.4. The zero-order chi connectivity index (χ0) is 15.6. The van der Waals surface area contributed by atoms with Crippen molar-refractivity contribution in [2.45, 2.75) is 51.7 Å².